The molecule has 1 unspecified atom stereocenters. The van der Waals surface area contributed by atoms with Crippen LogP contribution in [-0.2, 0) is 10.5 Å². The topological polar surface area (TPSA) is 40.5 Å². The van der Waals surface area contributed by atoms with Gasteiger partial charge >= 0.3 is 5.97 Å². The minimum Gasteiger partial charge on any atom is -0.481 e. The van der Waals surface area contributed by atoms with Gasteiger partial charge in [-0.25, -0.2) is 0 Å². The molecular formula is C15H20ClNO2S. The summed E-state index contributed by atoms with van der Waals surface area (Å²) in [7, 11) is 0. The number of rotatable bonds is 6. The predicted molar refractivity (Wildman–Crippen MR) is 84.5 cm³/mol. The highest BCUT2D eigenvalue weighted by molar-refractivity contribution is 7.99. The number of benzene rings is 1. The molecule has 3 nitrogen and oxygen atoms in total. The number of carbonyl (C=O) groups is 1. The van der Waals surface area contributed by atoms with Crippen LogP contribution in [0.3, 0.4) is 0 Å². The van der Waals surface area contributed by atoms with E-state index in [0.717, 1.165) is 30.3 Å². The zero-order valence-electron chi connectivity index (χ0n) is 11.4. The fourth-order valence-electron chi connectivity index (χ4n) is 2.43. The third-order valence-corrected chi connectivity index (χ3v) is 5.24. The number of piperidine rings is 1. The second-order valence-corrected chi connectivity index (χ2v) is 6.81. The van der Waals surface area contributed by atoms with E-state index in [0.29, 0.717) is 11.8 Å². The van der Waals surface area contributed by atoms with E-state index in [4.69, 9.17) is 16.7 Å². The van der Waals surface area contributed by atoms with E-state index in [-0.39, 0.29) is 6.42 Å². The van der Waals surface area contributed by atoms with Crippen LogP contribution in [0.4, 0.5) is 0 Å². The van der Waals surface area contributed by atoms with Gasteiger partial charge in [-0.15, -0.1) is 0 Å². The van der Waals surface area contributed by atoms with Crippen LogP contribution < -0.4 is 0 Å². The number of aliphatic carboxylic acids is 1. The lowest BCUT2D eigenvalue weighted by atomic mass is 10.1. The molecule has 1 fully saturated rings. The van der Waals surface area contributed by atoms with E-state index in [1.165, 1.54) is 12.0 Å². The highest BCUT2D eigenvalue weighted by atomic mass is 35.5. The molecule has 1 atom stereocenters. The van der Waals surface area contributed by atoms with Gasteiger partial charge < -0.3 is 10.0 Å². The first-order valence-electron chi connectivity index (χ1n) is 6.94. The Morgan fingerprint density at radius 2 is 2.25 bits per heavy atom. The summed E-state index contributed by atoms with van der Waals surface area (Å²) in [6, 6.07) is 7.96. The molecule has 0 radical (unpaired) electrons. The first-order chi connectivity index (χ1) is 9.65. The molecule has 1 aromatic carbocycles. The maximum absolute atomic E-state index is 10.6. The van der Waals surface area contributed by atoms with Gasteiger partial charge in [0.25, 0.3) is 0 Å². The van der Waals surface area contributed by atoms with Crippen LogP contribution in [0.1, 0.15) is 24.8 Å². The van der Waals surface area contributed by atoms with Crippen molar-refractivity contribution in [2.45, 2.75) is 30.3 Å². The number of carboxylic acids is 1. The van der Waals surface area contributed by atoms with E-state index >= 15 is 0 Å². The van der Waals surface area contributed by atoms with Crippen molar-refractivity contribution in [1.29, 1.82) is 0 Å². The molecular weight excluding hydrogens is 294 g/mol. The molecule has 1 N–H and O–H groups in total. The van der Waals surface area contributed by atoms with Crippen molar-refractivity contribution in [2.75, 3.05) is 19.6 Å². The number of hydrogen-bond acceptors (Lipinski definition) is 3. The van der Waals surface area contributed by atoms with E-state index in [2.05, 4.69) is 11.0 Å². The zero-order valence-corrected chi connectivity index (χ0v) is 13.0. The summed E-state index contributed by atoms with van der Waals surface area (Å²) < 4.78 is 0. The molecule has 1 aliphatic heterocycles. The van der Waals surface area contributed by atoms with E-state index in [1.54, 1.807) is 0 Å². The minimum absolute atomic E-state index is 0.238. The second kappa shape index (κ2) is 7.91. The van der Waals surface area contributed by atoms with Gasteiger partial charge in [0.2, 0.25) is 0 Å². The average Bonchev–Trinajstić information content (AvgIpc) is 2.45. The predicted octanol–water partition coefficient (Wildman–Crippen LogP) is 3.51. The van der Waals surface area contributed by atoms with Crippen molar-refractivity contribution in [1.82, 2.24) is 4.90 Å². The van der Waals surface area contributed by atoms with Crippen molar-refractivity contribution in [3.8, 4) is 0 Å². The number of halogens is 1. The summed E-state index contributed by atoms with van der Waals surface area (Å²) in [4.78, 5) is 12.9. The minimum atomic E-state index is -0.712. The molecule has 1 heterocycles. The molecule has 20 heavy (non-hydrogen) atoms. The molecule has 0 aromatic heterocycles. The highest BCUT2D eigenvalue weighted by Gasteiger charge is 2.20. The molecule has 2 rings (SSSR count). The zero-order chi connectivity index (χ0) is 14.4. The molecule has 1 aromatic rings. The smallest absolute Gasteiger partial charge is 0.304 e. The Kier molecular flexibility index (Phi) is 6.20. The van der Waals surface area contributed by atoms with Crippen LogP contribution in [-0.4, -0.2) is 40.9 Å². The van der Waals surface area contributed by atoms with Crippen molar-refractivity contribution in [3.05, 3.63) is 34.9 Å². The molecule has 5 heteroatoms. The summed E-state index contributed by atoms with van der Waals surface area (Å²) in [5.41, 5.74) is 1.18. The highest BCUT2D eigenvalue weighted by Crippen LogP contribution is 2.28. The Morgan fingerprint density at radius 1 is 1.45 bits per heavy atom. The first-order valence-corrected chi connectivity index (χ1v) is 8.37. The third-order valence-electron chi connectivity index (χ3n) is 3.54. The Bertz CT molecular complexity index is 455. The Morgan fingerprint density at radius 3 is 3.00 bits per heavy atom. The lowest BCUT2D eigenvalue weighted by molar-refractivity contribution is -0.137. The number of carboxylic acid groups (broad SMARTS) is 1. The van der Waals surface area contributed by atoms with Gasteiger partial charge in [0.15, 0.2) is 0 Å². The van der Waals surface area contributed by atoms with Crippen LogP contribution in [0.25, 0.3) is 0 Å². The second-order valence-electron chi connectivity index (χ2n) is 5.11. The van der Waals surface area contributed by atoms with E-state index < -0.39 is 5.97 Å². The summed E-state index contributed by atoms with van der Waals surface area (Å²) in [5.74, 6) is 0.216. The number of thioether (sulfide) groups is 1. The molecule has 0 saturated carbocycles. The van der Waals surface area contributed by atoms with Gasteiger partial charge in [0, 0.05) is 29.1 Å². The molecule has 0 bridgehead atoms. The molecule has 110 valence electrons. The average molecular weight is 314 g/mol. The van der Waals surface area contributed by atoms with Crippen LogP contribution in [0, 0.1) is 0 Å². The first kappa shape index (κ1) is 15.7. The monoisotopic (exact) mass is 313 g/mol. The van der Waals surface area contributed by atoms with E-state index in [1.807, 2.05) is 30.0 Å². The molecule has 0 spiro atoms. The normalized spacial score (nSPS) is 19.9. The SMILES string of the molecule is O=C(O)CCN1CCCC(SCc2ccccc2Cl)C1. The van der Waals surface area contributed by atoms with Gasteiger partial charge in [-0.1, -0.05) is 29.8 Å². The van der Waals surface area contributed by atoms with Gasteiger partial charge in [-0.2, -0.15) is 11.8 Å². The van der Waals surface area contributed by atoms with Crippen LogP contribution >= 0.6 is 23.4 Å². The maximum atomic E-state index is 10.6. The van der Waals surface area contributed by atoms with Crippen molar-refractivity contribution < 1.29 is 9.90 Å². The molecule has 1 saturated heterocycles. The van der Waals surface area contributed by atoms with Crippen LogP contribution in [0.15, 0.2) is 24.3 Å². The van der Waals surface area contributed by atoms with Gasteiger partial charge in [-0.3, -0.25) is 4.79 Å². The van der Waals surface area contributed by atoms with E-state index in [9.17, 15) is 4.79 Å². The van der Waals surface area contributed by atoms with Crippen molar-refractivity contribution >= 4 is 29.3 Å². The fraction of sp³-hybridized carbons (Fsp3) is 0.533. The quantitative estimate of drug-likeness (QED) is 0.872. The van der Waals surface area contributed by atoms with Gasteiger partial charge in [0.05, 0.1) is 6.42 Å². The molecule has 0 amide bonds. The summed E-state index contributed by atoms with van der Waals surface area (Å²) in [6.45, 7) is 2.68. The van der Waals surface area contributed by atoms with Gasteiger partial charge in [0.1, 0.15) is 0 Å². The summed E-state index contributed by atoms with van der Waals surface area (Å²) in [6.07, 6.45) is 2.60. The number of likely N-dealkylation sites (tertiary alicyclic amines) is 1. The lowest BCUT2D eigenvalue weighted by Gasteiger charge is -2.32. The maximum Gasteiger partial charge on any atom is 0.304 e. The lowest BCUT2D eigenvalue weighted by Crippen LogP contribution is -2.38. The van der Waals surface area contributed by atoms with Crippen molar-refractivity contribution in [2.24, 2.45) is 0 Å². The largest absolute Gasteiger partial charge is 0.481 e. The molecule has 1 aliphatic rings. The Balaban J connectivity index is 1.78. The van der Waals surface area contributed by atoms with Crippen LogP contribution in [0.2, 0.25) is 5.02 Å². The number of nitrogens with zero attached hydrogens (tertiary/aromatic N) is 1. The molecule has 0 aliphatic carbocycles. The van der Waals surface area contributed by atoms with Crippen molar-refractivity contribution in [3.63, 3.8) is 0 Å². The third kappa shape index (κ3) is 5.00. The fourth-order valence-corrected chi connectivity index (χ4v) is 4.03. The number of hydrogen-bond donors (Lipinski definition) is 1. The summed E-state index contributed by atoms with van der Waals surface area (Å²) in [5, 5.41) is 10.2. The summed E-state index contributed by atoms with van der Waals surface area (Å²) >= 11 is 8.10. The van der Waals surface area contributed by atoms with Gasteiger partial charge in [-0.05, 0) is 31.0 Å². The standard InChI is InChI=1S/C15H20ClNO2S/c16-14-6-2-1-4-12(14)11-20-13-5-3-8-17(10-13)9-7-15(18)19/h1-2,4,6,13H,3,5,7-11H2,(H,18,19). The Hall–Kier alpha value is -0.710. The van der Waals surface area contributed by atoms with Crippen LogP contribution in [0.5, 0.6) is 0 Å². The Labute approximate surface area is 129 Å².